The van der Waals surface area contributed by atoms with Gasteiger partial charge < -0.3 is 9.55 Å². The normalized spacial score (nSPS) is 11.3. The maximum Gasteiger partial charge on any atom is 0.263 e. The van der Waals surface area contributed by atoms with Crippen LogP contribution in [0.1, 0.15) is 5.56 Å². The fraction of sp³-hybridized carbons (Fsp3) is 0.0435. The molecule has 5 rings (SSSR count). The average Bonchev–Trinajstić information content (AvgIpc) is 3.15. The summed E-state index contributed by atoms with van der Waals surface area (Å²) < 4.78 is 1.76. The zero-order valence-corrected chi connectivity index (χ0v) is 15.6. The van der Waals surface area contributed by atoms with E-state index < -0.39 is 0 Å². The Labute approximate surface area is 166 Å². The van der Waals surface area contributed by atoms with Crippen molar-refractivity contribution in [2.75, 3.05) is 0 Å². The van der Waals surface area contributed by atoms with Crippen LogP contribution in [0.2, 0.25) is 5.02 Å². The van der Waals surface area contributed by atoms with Gasteiger partial charge in [0.2, 0.25) is 0 Å². The van der Waals surface area contributed by atoms with Gasteiger partial charge in [0.25, 0.3) is 5.56 Å². The van der Waals surface area contributed by atoms with Crippen LogP contribution in [0, 0.1) is 0 Å². The number of imidazole rings is 1. The molecular formula is C23H16ClN3O. The number of rotatable bonds is 3. The minimum atomic E-state index is -0.161. The van der Waals surface area contributed by atoms with Gasteiger partial charge in [0.05, 0.1) is 28.1 Å². The Kier molecular flexibility index (Phi) is 3.99. The summed E-state index contributed by atoms with van der Waals surface area (Å²) in [4.78, 5) is 21.4. The lowest BCUT2D eigenvalue weighted by molar-refractivity contribution is 0.796. The van der Waals surface area contributed by atoms with E-state index in [1.165, 1.54) is 0 Å². The second-order valence-corrected chi connectivity index (χ2v) is 7.06. The standard InChI is InChI=1S/C23H16ClN3O/c24-21-16-10-4-7-13-19(16)27(14-15-8-2-1-3-9-15)23(28)20(21)22-25-17-11-5-6-12-18(17)26-22/h1-13H,14H2,(H,25,26). The van der Waals surface area contributed by atoms with E-state index in [1.54, 1.807) is 4.57 Å². The van der Waals surface area contributed by atoms with Crippen LogP contribution in [0.25, 0.3) is 33.3 Å². The number of H-pyrrole nitrogens is 1. The first-order valence-electron chi connectivity index (χ1n) is 9.02. The molecule has 2 aromatic heterocycles. The summed E-state index contributed by atoms with van der Waals surface area (Å²) in [5.74, 6) is 0.490. The highest BCUT2D eigenvalue weighted by Gasteiger charge is 2.19. The Morgan fingerprint density at radius 3 is 2.43 bits per heavy atom. The van der Waals surface area contributed by atoms with Crippen LogP contribution in [-0.2, 0) is 6.54 Å². The second-order valence-electron chi connectivity index (χ2n) is 6.69. The Balaban J connectivity index is 1.81. The largest absolute Gasteiger partial charge is 0.338 e. The van der Waals surface area contributed by atoms with Crippen molar-refractivity contribution in [1.82, 2.24) is 14.5 Å². The topological polar surface area (TPSA) is 50.7 Å². The van der Waals surface area contributed by atoms with Crippen molar-refractivity contribution in [3.8, 4) is 11.4 Å². The van der Waals surface area contributed by atoms with Crippen molar-refractivity contribution in [3.05, 3.63) is 99.8 Å². The highest BCUT2D eigenvalue weighted by Crippen LogP contribution is 2.31. The molecule has 0 amide bonds. The van der Waals surface area contributed by atoms with Gasteiger partial charge in [-0.3, -0.25) is 4.79 Å². The lowest BCUT2D eigenvalue weighted by atomic mass is 10.1. The maximum absolute atomic E-state index is 13.5. The van der Waals surface area contributed by atoms with Crippen LogP contribution in [-0.4, -0.2) is 14.5 Å². The van der Waals surface area contributed by atoms with Crippen LogP contribution in [0.4, 0.5) is 0 Å². The van der Waals surface area contributed by atoms with Gasteiger partial charge in [-0.2, -0.15) is 0 Å². The molecule has 0 aliphatic carbocycles. The lowest BCUT2D eigenvalue weighted by Gasteiger charge is -2.14. The van der Waals surface area contributed by atoms with Crippen LogP contribution in [0.3, 0.4) is 0 Å². The fourth-order valence-electron chi connectivity index (χ4n) is 3.57. The van der Waals surface area contributed by atoms with Gasteiger partial charge in [0, 0.05) is 5.39 Å². The van der Waals surface area contributed by atoms with E-state index in [1.807, 2.05) is 78.9 Å². The van der Waals surface area contributed by atoms with Crippen molar-refractivity contribution in [1.29, 1.82) is 0 Å². The molecule has 0 radical (unpaired) electrons. The Hall–Kier alpha value is -3.37. The number of aromatic nitrogens is 3. The minimum absolute atomic E-state index is 0.161. The number of fused-ring (bicyclic) bond motifs is 2. The molecule has 0 spiro atoms. The van der Waals surface area contributed by atoms with Gasteiger partial charge in [-0.15, -0.1) is 0 Å². The first kappa shape index (κ1) is 16.8. The predicted molar refractivity (Wildman–Crippen MR) is 114 cm³/mol. The Morgan fingerprint density at radius 1 is 0.893 bits per heavy atom. The SMILES string of the molecule is O=c1c(-c2nc3ccccc3[nH]2)c(Cl)c2ccccc2n1Cc1ccccc1. The van der Waals surface area contributed by atoms with Crippen molar-refractivity contribution < 1.29 is 0 Å². The molecule has 3 aromatic carbocycles. The van der Waals surface area contributed by atoms with Crippen molar-refractivity contribution in [2.45, 2.75) is 6.54 Å². The van der Waals surface area contributed by atoms with Crippen molar-refractivity contribution >= 4 is 33.5 Å². The molecule has 0 atom stereocenters. The Morgan fingerprint density at radius 2 is 1.61 bits per heavy atom. The van der Waals surface area contributed by atoms with Crippen molar-refractivity contribution in [3.63, 3.8) is 0 Å². The van der Waals surface area contributed by atoms with Crippen LogP contribution in [0.5, 0.6) is 0 Å². The van der Waals surface area contributed by atoms with E-state index in [9.17, 15) is 4.79 Å². The van der Waals surface area contributed by atoms with E-state index in [0.29, 0.717) is 23.0 Å². The van der Waals surface area contributed by atoms with Crippen LogP contribution < -0.4 is 5.56 Å². The summed E-state index contributed by atoms with van der Waals surface area (Å²) in [5.41, 5.74) is 3.76. The van der Waals surface area contributed by atoms with E-state index in [0.717, 1.165) is 27.5 Å². The summed E-state index contributed by atoms with van der Waals surface area (Å²) in [5, 5.41) is 1.25. The number of nitrogens with one attached hydrogen (secondary N) is 1. The van der Waals surface area contributed by atoms with Gasteiger partial charge in [-0.25, -0.2) is 4.98 Å². The summed E-state index contributed by atoms with van der Waals surface area (Å²) in [6.07, 6.45) is 0. The van der Waals surface area contributed by atoms with E-state index in [2.05, 4.69) is 9.97 Å². The number of para-hydroxylation sites is 3. The third-order valence-corrected chi connectivity index (χ3v) is 5.31. The molecule has 0 aliphatic rings. The maximum atomic E-state index is 13.5. The predicted octanol–water partition coefficient (Wildman–Crippen LogP) is 5.25. The zero-order valence-electron chi connectivity index (χ0n) is 14.9. The molecule has 0 fully saturated rings. The molecule has 28 heavy (non-hydrogen) atoms. The molecular weight excluding hydrogens is 370 g/mol. The highest BCUT2D eigenvalue weighted by atomic mass is 35.5. The molecule has 136 valence electrons. The number of halogens is 1. The lowest BCUT2D eigenvalue weighted by Crippen LogP contribution is -2.23. The number of hydrogen-bond donors (Lipinski definition) is 1. The first-order valence-corrected chi connectivity index (χ1v) is 9.40. The molecule has 2 heterocycles. The fourth-order valence-corrected chi connectivity index (χ4v) is 3.90. The van der Waals surface area contributed by atoms with Crippen LogP contribution in [0.15, 0.2) is 83.7 Å². The molecule has 0 saturated heterocycles. The van der Waals surface area contributed by atoms with Gasteiger partial charge >= 0.3 is 0 Å². The minimum Gasteiger partial charge on any atom is -0.338 e. The van der Waals surface area contributed by atoms with Gasteiger partial charge in [0.1, 0.15) is 11.4 Å². The van der Waals surface area contributed by atoms with Gasteiger partial charge in [-0.05, 0) is 23.8 Å². The monoisotopic (exact) mass is 385 g/mol. The quantitative estimate of drug-likeness (QED) is 0.461. The van der Waals surface area contributed by atoms with E-state index in [4.69, 9.17) is 11.6 Å². The number of hydrogen-bond acceptors (Lipinski definition) is 2. The molecule has 0 saturated carbocycles. The third kappa shape index (κ3) is 2.70. The summed E-state index contributed by atoms with van der Waals surface area (Å²) in [7, 11) is 0. The van der Waals surface area contributed by atoms with Gasteiger partial charge in [0.15, 0.2) is 0 Å². The Bertz CT molecular complexity index is 1340. The summed E-state index contributed by atoms with van der Waals surface area (Å²) in [6, 6.07) is 25.3. The second kappa shape index (κ2) is 6.66. The molecule has 1 N–H and O–H groups in total. The molecule has 5 heteroatoms. The number of pyridine rings is 1. The summed E-state index contributed by atoms with van der Waals surface area (Å²) in [6.45, 7) is 0.463. The molecule has 0 aliphatic heterocycles. The molecule has 4 nitrogen and oxygen atoms in total. The number of aromatic amines is 1. The first-order chi connectivity index (χ1) is 13.7. The number of benzene rings is 3. The third-order valence-electron chi connectivity index (χ3n) is 4.92. The molecule has 5 aromatic rings. The van der Waals surface area contributed by atoms with Gasteiger partial charge in [-0.1, -0.05) is 72.3 Å². The molecule has 0 bridgehead atoms. The van der Waals surface area contributed by atoms with Crippen molar-refractivity contribution in [2.24, 2.45) is 0 Å². The van der Waals surface area contributed by atoms with E-state index >= 15 is 0 Å². The van der Waals surface area contributed by atoms with Crippen LogP contribution >= 0.6 is 11.6 Å². The average molecular weight is 386 g/mol. The summed E-state index contributed by atoms with van der Waals surface area (Å²) >= 11 is 6.71. The molecule has 0 unspecified atom stereocenters. The zero-order chi connectivity index (χ0) is 19.1. The number of nitrogens with zero attached hydrogens (tertiary/aromatic N) is 2. The smallest absolute Gasteiger partial charge is 0.263 e. The van der Waals surface area contributed by atoms with E-state index in [-0.39, 0.29) is 5.56 Å². The highest BCUT2D eigenvalue weighted by molar-refractivity contribution is 6.38.